The normalized spacial score (nSPS) is 10.5. The smallest absolute Gasteiger partial charge is 0.230 e. The zero-order chi connectivity index (χ0) is 18.2. The van der Waals surface area contributed by atoms with Gasteiger partial charge in [0.15, 0.2) is 11.0 Å². The number of thioether (sulfide) groups is 1. The second-order valence-electron chi connectivity index (χ2n) is 5.41. The molecule has 2 aromatic heterocycles. The van der Waals surface area contributed by atoms with Crippen molar-refractivity contribution >= 4 is 17.7 Å². The Hall–Kier alpha value is -2.87. The van der Waals surface area contributed by atoms with Crippen LogP contribution in [0.25, 0.3) is 11.4 Å². The lowest BCUT2D eigenvalue weighted by Gasteiger charge is -2.07. The van der Waals surface area contributed by atoms with Gasteiger partial charge in [-0.05, 0) is 24.3 Å². The van der Waals surface area contributed by atoms with Crippen LogP contribution in [-0.4, -0.2) is 44.6 Å². The summed E-state index contributed by atoms with van der Waals surface area (Å²) < 4.78 is 7.39. The maximum atomic E-state index is 12.0. The van der Waals surface area contributed by atoms with E-state index in [-0.39, 0.29) is 11.7 Å². The highest BCUT2D eigenvalue weighted by Gasteiger charge is 2.12. The number of benzene rings is 1. The van der Waals surface area contributed by atoms with Gasteiger partial charge in [-0.25, -0.2) is 0 Å². The summed E-state index contributed by atoms with van der Waals surface area (Å²) in [5.74, 6) is 1.71. The van der Waals surface area contributed by atoms with Gasteiger partial charge in [-0.1, -0.05) is 30.0 Å². The summed E-state index contributed by atoms with van der Waals surface area (Å²) in [6.07, 6.45) is 3.44. The molecule has 0 spiro atoms. The Labute approximate surface area is 155 Å². The SMILES string of the molecule is Cn1c(SCC(=O)NCCOc2ccccc2)nnc1-c1cccnc1. The van der Waals surface area contributed by atoms with E-state index in [1.807, 2.05) is 54.1 Å². The molecule has 2 heterocycles. The molecule has 0 bridgehead atoms. The molecule has 0 radical (unpaired) electrons. The van der Waals surface area contributed by atoms with E-state index in [0.717, 1.165) is 17.1 Å². The summed E-state index contributed by atoms with van der Waals surface area (Å²) in [5, 5.41) is 11.8. The fraction of sp³-hybridized carbons (Fsp3) is 0.222. The predicted molar refractivity (Wildman–Crippen MR) is 99.9 cm³/mol. The average molecular weight is 369 g/mol. The van der Waals surface area contributed by atoms with Crippen LogP contribution in [0.5, 0.6) is 5.75 Å². The molecule has 0 unspecified atom stereocenters. The molecule has 0 fully saturated rings. The Morgan fingerprint density at radius 3 is 2.81 bits per heavy atom. The second-order valence-corrected chi connectivity index (χ2v) is 6.35. The lowest BCUT2D eigenvalue weighted by molar-refractivity contribution is -0.118. The lowest BCUT2D eigenvalue weighted by Crippen LogP contribution is -2.29. The Bertz CT molecular complexity index is 839. The first-order chi connectivity index (χ1) is 12.7. The third kappa shape index (κ3) is 4.82. The summed E-state index contributed by atoms with van der Waals surface area (Å²) >= 11 is 1.34. The Morgan fingerprint density at radius 2 is 2.04 bits per heavy atom. The fourth-order valence-corrected chi connectivity index (χ4v) is 2.99. The van der Waals surface area contributed by atoms with Gasteiger partial charge in [0.1, 0.15) is 12.4 Å². The van der Waals surface area contributed by atoms with Crippen molar-refractivity contribution in [1.82, 2.24) is 25.1 Å². The van der Waals surface area contributed by atoms with Gasteiger partial charge in [0.05, 0.1) is 12.3 Å². The zero-order valence-electron chi connectivity index (χ0n) is 14.3. The number of hydrogen-bond donors (Lipinski definition) is 1. The molecule has 0 atom stereocenters. The first kappa shape index (κ1) is 17.9. The number of rotatable bonds is 8. The summed E-state index contributed by atoms with van der Waals surface area (Å²) in [4.78, 5) is 16.0. The number of hydrogen-bond acceptors (Lipinski definition) is 6. The monoisotopic (exact) mass is 369 g/mol. The largest absolute Gasteiger partial charge is 0.492 e. The Kier molecular flexibility index (Phi) is 6.21. The number of carbonyl (C=O) groups is 1. The minimum absolute atomic E-state index is 0.0717. The second kappa shape index (κ2) is 9.00. The van der Waals surface area contributed by atoms with E-state index in [4.69, 9.17) is 4.74 Å². The predicted octanol–water partition coefficient (Wildman–Crippen LogP) is 2.16. The van der Waals surface area contributed by atoms with E-state index in [0.29, 0.717) is 18.3 Å². The average Bonchev–Trinajstić information content (AvgIpc) is 3.05. The minimum Gasteiger partial charge on any atom is -0.492 e. The molecule has 0 aliphatic carbocycles. The molecule has 0 aliphatic heterocycles. The molecule has 26 heavy (non-hydrogen) atoms. The van der Waals surface area contributed by atoms with Crippen molar-refractivity contribution in [3.8, 4) is 17.1 Å². The van der Waals surface area contributed by atoms with Crippen LogP contribution in [0.15, 0.2) is 60.0 Å². The van der Waals surface area contributed by atoms with E-state index in [2.05, 4.69) is 20.5 Å². The number of para-hydroxylation sites is 1. The summed E-state index contributed by atoms with van der Waals surface area (Å²) in [5.41, 5.74) is 0.886. The third-order valence-electron chi connectivity index (χ3n) is 3.52. The highest BCUT2D eigenvalue weighted by Crippen LogP contribution is 2.21. The van der Waals surface area contributed by atoms with Gasteiger partial charge in [-0.2, -0.15) is 0 Å². The minimum atomic E-state index is -0.0717. The van der Waals surface area contributed by atoms with E-state index in [1.54, 1.807) is 12.4 Å². The zero-order valence-corrected chi connectivity index (χ0v) is 15.1. The molecule has 1 aromatic carbocycles. The quantitative estimate of drug-likeness (QED) is 0.484. The van der Waals surface area contributed by atoms with Crippen LogP contribution in [0.3, 0.4) is 0 Å². The maximum Gasteiger partial charge on any atom is 0.230 e. The number of carbonyl (C=O) groups excluding carboxylic acids is 1. The van der Waals surface area contributed by atoms with Crippen LogP contribution in [0.1, 0.15) is 0 Å². The summed E-state index contributed by atoms with van der Waals surface area (Å²) in [6, 6.07) is 13.3. The van der Waals surface area contributed by atoms with Crippen LogP contribution in [-0.2, 0) is 11.8 Å². The molecule has 1 amide bonds. The first-order valence-electron chi connectivity index (χ1n) is 8.11. The summed E-state index contributed by atoms with van der Waals surface area (Å²) in [6.45, 7) is 0.879. The number of ether oxygens (including phenoxy) is 1. The molecule has 3 aromatic rings. The highest BCUT2D eigenvalue weighted by atomic mass is 32.2. The van der Waals surface area contributed by atoms with Gasteiger partial charge >= 0.3 is 0 Å². The Morgan fingerprint density at radius 1 is 1.19 bits per heavy atom. The molecule has 0 saturated heterocycles. The van der Waals surface area contributed by atoms with Crippen LogP contribution in [0.4, 0.5) is 0 Å². The number of amides is 1. The van der Waals surface area contributed by atoms with Crippen LogP contribution in [0, 0.1) is 0 Å². The topological polar surface area (TPSA) is 81.9 Å². The maximum absolute atomic E-state index is 12.0. The van der Waals surface area contributed by atoms with Crippen LogP contribution < -0.4 is 10.1 Å². The molecule has 1 N–H and O–H groups in total. The van der Waals surface area contributed by atoms with Gasteiger partial charge in [0.25, 0.3) is 0 Å². The molecule has 134 valence electrons. The molecule has 8 heteroatoms. The van der Waals surface area contributed by atoms with E-state index in [1.165, 1.54) is 11.8 Å². The van der Waals surface area contributed by atoms with E-state index in [9.17, 15) is 4.79 Å². The molecular weight excluding hydrogens is 350 g/mol. The van der Waals surface area contributed by atoms with Crippen molar-refractivity contribution in [2.45, 2.75) is 5.16 Å². The Balaban J connectivity index is 1.43. The van der Waals surface area contributed by atoms with E-state index >= 15 is 0 Å². The first-order valence-corrected chi connectivity index (χ1v) is 9.10. The number of aromatic nitrogens is 4. The van der Waals surface area contributed by atoms with Gasteiger partial charge in [-0.3, -0.25) is 9.78 Å². The van der Waals surface area contributed by atoms with Crippen molar-refractivity contribution in [1.29, 1.82) is 0 Å². The molecular formula is C18H19N5O2S. The number of pyridine rings is 1. The highest BCUT2D eigenvalue weighted by molar-refractivity contribution is 7.99. The molecule has 7 nitrogen and oxygen atoms in total. The van der Waals surface area contributed by atoms with Crippen LogP contribution in [0.2, 0.25) is 0 Å². The van der Waals surface area contributed by atoms with Crippen molar-refractivity contribution in [2.24, 2.45) is 7.05 Å². The standard InChI is InChI=1S/C18H19N5O2S/c1-23-17(14-6-5-9-19-12-14)21-22-18(23)26-13-16(24)20-10-11-25-15-7-3-2-4-8-15/h2-9,12H,10-11,13H2,1H3,(H,20,24). The molecule has 3 rings (SSSR count). The third-order valence-corrected chi connectivity index (χ3v) is 4.54. The van der Waals surface area contributed by atoms with Crippen molar-refractivity contribution in [3.05, 3.63) is 54.9 Å². The van der Waals surface area contributed by atoms with Crippen molar-refractivity contribution in [3.63, 3.8) is 0 Å². The van der Waals surface area contributed by atoms with Crippen LogP contribution >= 0.6 is 11.8 Å². The number of nitrogens with one attached hydrogen (secondary N) is 1. The number of nitrogens with zero attached hydrogens (tertiary/aromatic N) is 4. The van der Waals surface area contributed by atoms with Gasteiger partial charge in [0, 0.05) is 25.0 Å². The lowest BCUT2D eigenvalue weighted by atomic mass is 10.3. The molecule has 0 saturated carbocycles. The summed E-state index contributed by atoms with van der Waals surface area (Å²) in [7, 11) is 1.87. The van der Waals surface area contributed by atoms with Gasteiger partial charge in [-0.15, -0.1) is 10.2 Å². The van der Waals surface area contributed by atoms with Crippen molar-refractivity contribution < 1.29 is 9.53 Å². The fourth-order valence-electron chi connectivity index (χ4n) is 2.24. The van der Waals surface area contributed by atoms with Gasteiger partial charge in [0.2, 0.25) is 5.91 Å². The van der Waals surface area contributed by atoms with E-state index < -0.39 is 0 Å². The molecule has 0 aliphatic rings. The van der Waals surface area contributed by atoms with Crippen molar-refractivity contribution in [2.75, 3.05) is 18.9 Å². The van der Waals surface area contributed by atoms with Gasteiger partial charge < -0.3 is 14.6 Å².